The van der Waals surface area contributed by atoms with Gasteiger partial charge in [0.1, 0.15) is 5.82 Å². The van der Waals surface area contributed by atoms with Crippen molar-refractivity contribution >= 4 is 28.2 Å². The average Bonchev–Trinajstić information content (AvgIpc) is 2.84. The predicted molar refractivity (Wildman–Crippen MR) is 91.5 cm³/mol. The average molecular weight is 301 g/mol. The topological polar surface area (TPSA) is 43.8 Å². The maximum Gasteiger partial charge on any atom is 0.116 e. The summed E-state index contributed by atoms with van der Waals surface area (Å²) in [6.07, 6.45) is 7.02. The molecule has 1 fully saturated rings. The standard InChI is InChI=1S/C17H23N3S/c1-2-12-7-9-13(10-8-12)20-15-6-4-3-5-14(15)19-17(20)11-16(18)21/h3-6,12-13H,2,7-11H2,1H3,(H2,18,21). The molecule has 1 aromatic carbocycles. The predicted octanol–water partition coefficient (Wildman–Crippen LogP) is 4.01. The van der Waals surface area contributed by atoms with Crippen LogP contribution in [0.5, 0.6) is 0 Å². The highest BCUT2D eigenvalue weighted by Gasteiger charge is 2.24. The van der Waals surface area contributed by atoms with E-state index >= 15 is 0 Å². The second-order valence-corrected chi connectivity index (χ2v) is 6.64. The Morgan fingerprint density at radius 3 is 2.67 bits per heavy atom. The summed E-state index contributed by atoms with van der Waals surface area (Å²) in [5, 5.41) is 0. The van der Waals surface area contributed by atoms with E-state index in [2.05, 4.69) is 29.7 Å². The number of nitrogens with zero attached hydrogens (tertiary/aromatic N) is 2. The first-order valence-corrected chi connectivity index (χ1v) is 8.34. The molecule has 1 aliphatic rings. The van der Waals surface area contributed by atoms with E-state index in [4.69, 9.17) is 22.9 Å². The van der Waals surface area contributed by atoms with Crippen molar-refractivity contribution in [2.75, 3.05) is 0 Å². The quantitative estimate of drug-likeness (QED) is 0.868. The fourth-order valence-electron chi connectivity index (χ4n) is 3.59. The summed E-state index contributed by atoms with van der Waals surface area (Å²) in [4.78, 5) is 5.28. The van der Waals surface area contributed by atoms with Crippen molar-refractivity contribution in [3.05, 3.63) is 30.1 Å². The lowest BCUT2D eigenvalue weighted by atomic mass is 9.84. The van der Waals surface area contributed by atoms with E-state index in [1.54, 1.807) is 0 Å². The van der Waals surface area contributed by atoms with Gasteiger partial charge in [-0.3, -0.25) is 0 Å². The molecule has 0 aliphatic heterocycles. The van der Waals surface area contributed by atoms with E-state index < -0.39 is 0 Å². The van der Waals surface area contributed by atoms with Gasteiger partial charge in [-0.1, -0.05) is 37.7 Å². The lowest BCUT2D eigenvalue weighted by Crippen LogP contribution is -2.22. The van der Waals surface area contributed by atoms with E-state index in [0.717, 1.165) is 17.3 Å². The molecule has 0 bridgehead atoms. The highest BCUT2D eigenvalue weighted by Crippen LogP contribution is 2.36. The Balaban J connectivity index is 1.97. The number of benzene rings is 1. The van der Waals surface area contributed by atoms with Gasteiger partial charge in [-0.15, -0.1) is 0 Å². The van der Waals surface area contributed by atoms with Gasteiger partial charge in [-0.2, -0.15) is 0 Å². The summed E-state index contributed by atoms with van der Waals surface area (Å²) >= 11 is 5.11. The minimum Gasteiger partial charge on any atom is -0.393 e. The zero-order valence-corrected chi connectivity index (χ0v) is 13.4. The van der Waals surface area contributed by atoms with Gasteiger partial charge in [0, 0.05) is 6.04 Å². The van der Waals surface area contributed by atoms with Crippen LogP contribution in [0, 0.1) is 5.92 Å². The molecular formula is C17H23N3S. The second kappa shape index (κ2) is 6.14. The molecular weight excluding hydrogens is 278 g/mol. The summed E-state index contributed by atoms with van der Waals surface area (Å²) in [7, 11) is 0. The van der Waals surface area contributed by atoms with E-state index in [1.807, 2.05) is 6.07 Å². The SMILES string of the molecule is CCC1CCC(n2c(CC(N)=S)nc3ccccc32)CC1. The van der Waals surface area contributed by atoms with Crippen LogP contribution in [0.15, 0.2) is 24.3 Å². The highest BCUT2D eigenvalue weighted by atomic mass is 32.1. The largest absolute Gasteiger partial charge is 0.393 e. The Morgan fingerprint density at radius 1 is 1.29 bits per heavy atom. The zero-order valence-electron chi connectivity index (χ0n) is 12.6. The summed E-state index contributed by atoms with van der Waals surface area (Å²) < 4.78 is 2.40. The zero-order chi connectivity index (χ0) is 14.8. The fourth-order valence-corrected chi connectivity index (χ4v) is 3.72. The number of para-hydroxylation sites is 2. The maximum absolute atomic E-state index is 5.77. The third-order valence-corrected chi connectivity index (χ3v) is 4.90. The lowest BCUT2D eigenvalue weighted by molar-refractivity contribution is 0.270. The molecule has 0 radical (unpaired) electrons. The molecule has 1 aliphatic carbocycles. The molecule has 0 spiro atoms. The van der Waals surface area contributed by atoms with E-state index in [0.29, 0.717) is 17.5 Å². The summed E-state index contributed by atoms with van der Waals surface area (Å²) in [6, 6.07) is 8.91. The Kier molecular flexibility index (Phi) is 4.24. The summed E-state index contributed by atoms with van der Waals surface area (Å²) in [6.45, 7) is 2.30. The van der Waals surface area contributed by atoms with Crippen LogP contribution in [0.4, 0.5) is 0 Å². The molecule has 3 nitrogen and oxygen atoms in total. The smallest absolute Gasteiger partial charge is 0.116 e. The number of thiocarbonyl (C=S) groups is 1. The number of hydrogen-bond acceptors (Lipinski definition) is 2. The van der Waals surface area contributed by atoms with Gasteiger partial charge < -0.3 is 10.3 Å². The maximum atomic E-state index is 5.77. The van der Waals surface area contributed by atoms with Crippen LogP contribution in [0.1, 0.15) is 50.9 Å². The summed E-state index contributed by atoms with van der Waals surface area (Å²) in [5.74, 6) is 1.93. The Morgan fingerprint density at radius 2 is 2.00 bits per heavy atom. The number of fused-ring (bicyclic) bond motifs is 1. The van der Waals surface area contributed by atoms with Crippen LogP contribution < -0.4 is 5.73 Å². The third-order valence-electron chi connectivity index (χ3n) is 4.76. The minimum absolute atomic E-state index is 0.522. The van der Waals surface area contributed by atoms with Gasteiger partial charge in [0.2, 0.25) is 0 Å². The monoisotopic (exact) mass is 301 g/mol. The third kappa shape index (κ3) is 2.95. The van der Waals surface area contributed by atoms with Crippen LogP contribution in [-0.4, -0.2) is 14.5 Å². The normalized spacial score (nSPS) is 22.5. The second-order valence-electron chi connectivity index (χ2n) is 6.11. The van der Waals surface area contributed by atoms with Gasteiger partial charge in [0.05, 0.1) is 22.4 Å². The minimum atomic E-state index is 0.522. The molecule has 2 aromatic rings. The van der Waals surface area contributed by atoms with Crippen molar-refractivity contribution in [2.45, 2.75) is 51.5 Å². The Bertz CT molecular complexity index is 639. The number of hydrogen-bond donors (Lipinski definition) is 1. The van der Waals surface area contributed by atoms with E-state index in [9.17, 15) is 0 Å². The molecule has 1 heterocycles. The molecule has 0 amide bonds. The van der Waals surface area contributed by atoms with Crippen LogP contribution in [0.2, 0.25) is 0 Å². The van der Waals surface area contributed by atoms with Crippen molar-refractivity contribution in [1.29, 1.82) is 0 Å². The molecule has 4 heteroatoms. The van der Waals surface area contributed by atoms with Crippen molar-refractivity contribution in [1.82, 2.24) is 9.55 Å². The van der Waals surface area contributed by atoms with Crippen molar-refractivity contribution in [2.24, 2.45) is 11.7 Å². The van der Waals surface area contributed by atoms with Crippen LogP contribution in [-0.2, 0) is 6.42 Å². The molecule has 1 aromatic heterocycles. The van der Waals surface area contributed by atoms with Crippen molar-refractivity contribution in [3.8, 4) is 0 Å². The molecule has 1 saturated carbocycles. The molecule has 2 N–H and O–H groups in total. The van der Waals surface area contributed by atoms with Crippen molar-refractivity contribution in [3.63, 3.8) is 0 Å². The first-order valence-electron chi connectivity index (χ1n) is 7.93. The van der Waals surface area contributed by atoms with E-state index in [1.165, 1.54) is 37.6 Å². The van der Waals surface area contributed by atoms with Gasteiger partial charge in [0.25, 0.3) is 0 Å². The molecule has 21 heavy (non-hydrogen) atoms. The fraction of sp³-hybridized carbons (Fsp3) is 0.529. The van der Waals surface area contributed by atoms with Gasteiger partial charge in [-0.25, -0.2) is 4.98 Å². The number of rotatable bonds is 4. The van der Waals surface area contributed by atoms with Crippen molar-refractivity contribution < 1.29 is 0 Å². The molecule has 0 atom stereocenters. The lowest BCUT2D eigenvalue weighted by Gasteiger charge is -2.30. The van der Waals surface area contributed by atoms with Crippen LogP contribution >= 0.6 is 12.2 Å². The van der Waals surface area contributed by atoms with Crippen LogP contribution in [0.25, 0.3) is 11.0 Å². The molecule has 0 unspecified atom stereocenters. The number of nitrogens with two attached hydrogens (primary N) is 1. The number of aromatic nitrogens is 2. The Labute approximate surface area is 131 Å². The Hall–Kier alpha value is -1.42. The van der Waals surface area contributed by atoms with E-state index in [-0.39, 0.29) is 0 Å². The number of imidazole rings is 1. The van der Waals surface area contributed by atoms with Gasteiger partial charge >= 0.3 is 0 Å². The van der Waals surface area contributed by atoms with Gasteiger partial charge in [0.15, 0.2) is 0 Å². The van der Waals surface area contributed by atoms with Gasteiger partial charge in [-0.05, 0) is 43.7 Å². The molecule has 3 rings (SSSR count). The highest BCUT2D eigenvalue weighted by molar-refractivity contribution is 7.80. The molecule has 0 saturated heterocycles. The summed E-state index contributed by atoms with van der Waals surface area (Å²) in [5.41, 5.74) is 8.05. The first kappa shape index (κ1) is 14.5. The van der Waals surface area contributed by atoms with Crippen LogP contribution in [0.3, 0.4) is 0 Å². The molecule has 112 valence electrons. The first-order chi connectivity index (χ1) is 10.2.